The zero-order chi connectivity index (χ0) is 8.91. The largest absolute Gasteiger partial charge is 0.329 e. The van der Waals surface area contributed by atoms with Gasteiger partial charge in [0.2, 0.25) is 0 Å². The normalized spacial score (nSPS) is 12.5. The van der Waals surface area contributed by atoms with Crippen molar-refractivity contribution in [3.63, 3.8) is 0 Å². The summed E-state index contributed by atoms with van der Waals surface area (Å²) in [6.45, 7) is 8.46. The van der Waals surface area contributed by atoms with Crippen LogP contribution < -0.4 is 5.73 Å². The Morgan fingerprint density at radius 2 is 1.91 bits per heavy atom. The van der Waals surface area contributed by atoms with Gasteiger partial charge in [0, 0.05) is 12.1 Å². The van der Waals surface area contributed by atoms with Crippen molar-refractivity contribution in [3.05, 3.63) is 0 Å². The molecule has 0 bridgehead atoms. The highest BCUT2D eigenvalue weighted by molar-refractivity contribution is 4.79. The Labute approximate surface area is 70.8 Å². The molecule has 11 heavy (non-hydrogen) atoms. The molecule has 0 atom stereocenters. The molecule has 2 N–H and O–H groups in total. The van der Waals surface area contributed by atoms with E-state index in [-0.39, 0.29) is 5.54 Å². The van der Waals surface area contributed by atoms with Crippen LogP contribution in [0.5, 0.6) is 0 Å². The molecule has 0 spiro atoms. The van der Waals surface area contributed by atoms with E-state index in [1.54, 1.807) is 0 Å². The van der Waals surface area contributed by atoms with Gasteiger partial charge in [-0.1, -0.05) is 13.3 Å². The highest BCUT2D eigenvalue weighted by Gasteiger charge is 2.20. The van der Waals surface area contributed by atoms with E-state index in [0.29, 0.717) is 0 Å². The number of rotatable bonds is 5. The molecule has 2 heteroatoms. The van der Waals surface area contributed by atoms with Crippen LogP contribution in [0.1, 0.15) is 33.6 Å². The zero-order valence-electron chi connectivity index (χ0n) is 8.35. The smallest absolute Gasteiger partial charge is 0.0272 e. The van der Waals surface area contributed by atoms with Crippen molar-refractivity contribution in [2.45, 2.75) is 39.2 Å². The fourth-order valence-electron chi connectivity index (χ4n) is 0.854. The van der Waals surface area contributed by atoms with E-state index in [1.807, 2.05) is 0 Å². The van der Waals surface area contributed by atoms with Gasteiger partial charge in [0.25, 0.3) is 0 Å². The van der Waals surface area contributed by atoms with Gasteiger partial charge in [-0.3, -0.25) is 4.90 Å². The lowest BCUT2D eigenvalue weighted by Gasteiger charge is -2.34. The van der Waals surface area contributed by atoms with Crippen molar-refractivity contribution in [2.24, 2.45) is 5.73 Å². The molecule has 0 aliphatic rings. The molecule has 0 aromatic carbocycles. The Hall–Kier alpha value is -0.0800. The van der Waals surface area contributed by atoms with Crippen LogP contribution in [0.4, 0.5) is 0 Å². The summed E-state index contributed by atoms with van der Waals surface area (Å²) in [7, 11) is 2.14. The third-order valence-corrected chi connectivity index (χ3v) is 2.38. The maximum absolute atomic E-state index is 5.64. The van der Waals surface area contributed by atoms with Gasteiger partial charge in [0.05, 0.1) is 0 Å². The maximum atomic E-state index is 5.64. The molecule has 0 aliphatic heterocycles. The van der Waals surface area contributed by atoms with Gasteiger partial charge < -0.3 is 5.73 Å². The molecule has 0 amide bonds. The van der Waals surface area contributed by atoms with Gasteiger partial charge in [-0.15, -0.1) is 0 Å². The Balaban J connectivity index is 3.71. The summed E-state index contributed by atoms with van der Waals surface area (Å²) in [5, 5.41) is 0. The number of hydrogen-bond acceptors (Lipinski definition) is 2. The summed E-state index contributed by atoms with van der Waals surface area (Å²) in [5.74, 6) is 0. The van der Waals surface area contributed by atoms with Gasteiger partial charge in [-0.2, -0.15) is 0 Å². The van der Waals surface area contributed by atoms with Crippen molar-refractivity contribution >= 4 is 0 Å². The first kappa shape index (κ1) is 10.9. The average Bonchev–Trinajstić information content (AvgIpc) is 2.00. The molecular formula is C9H22N2. The minimum atomic E-state index is 0.162. The van der Waals surface area contributed by atoms with Crippen LogP contribution in [0.25, 0.3) is 0 Å². The standard InChI is InChI=1S/C9H22N2/c1-5-6-7-11(4)9(2,3)8-10/h5-8,10H2,1-4H3. The van der Waals surface area contributed by atoms with E-state index in [1.165, 1.54) is 12.8 Å². The van der Waals surface area contributed by atoms with Crippen LogP contribution in [-0.4, -0.2) is 30.6 Å². The quantitative estimate of drug-likeness (QED) is 0.656. The van der Waals surface area contributed by atoms with Crippen molar-refractivity contribution in [3.8, 4) is 0 Å². The molecule has 0 heterocycles. The second kappa shape index (κ2) is 4.73. The molecule has 2 nitrogen and oxygen atoms in total. The number of nitrogens with two attached hydrogens (primary N) is 1. The first-order valence-corrected chi connectivity index (χ1v) is 4.46. The lowest BCUT2D eigenvalue weighted by molar-refractivity contribution is 0.162. The summed E-state index contributed by atoms with van der Waals surface area (Å²) < 4.78 is 0. The van der Waals surface area contributed by atoms with Gasteiger partial charge in [0.1, 0.15) is 0 Å². The van der Waals surface area contributed by atoms with Crippen molar-refractivity contribution in [1.82, 2.24) is 4.90 Å². The fraction of sp³-hybridized carbons (Fsp3) is 1.00. The molecule has 0 saturated carbocycles. The molecule has 0 rings (SSSR count). The summed E-state index contributed by atoms with van der Waals surface area (Å²) in [5.41, 5.74) is 5.80. The number of unbranched alkanes of at least 4 members (excludes halogenated alkanes) is 1. The number of nitrogens with zero attached hydrogens (tertiary/aromatic N) is 1. The minimum Gasteiger partial charge on any atom is -0.329 e. The van der Waals surface area contributed by atoms with Crippen molar-refractivity contribution in [1.29, 1.82) is 0 Å². The molecule has 0 aromatic rings. The van der Waals surface area contributed by atoms with E-state index < -0.39 is 0 Å². The Kier molecular flexibility index (Phi) is 4.69. The second-order valence-corrected chi connectivity index (χ2v) is 3.79. The highest BCUT2D eigenvalue weighted by atomic mass is 15.2. The topological polar surface area (TPSA) is 29.3 Å². The van der Waals surface area contributed by atoms with Crippen LogP contribution in [0.3, 0.4) is 0 Å². The molecule has 0 unspecified atom stereocenters. The summed E-state index contributed by atoms with van der Waals surface area (Å²) in [4.78, 5) is 2.33. The van der Waals surface area contributed by atoms with Crippen LogP contribution in [0, 0.1) is 0 Å². The summed E-state index contributed by atoms with van der Waals surface area (Å²) in [6.07, 6.45) is 2.52. The monoisotopic (exact) mass is 158 g/mol. The molecule has 0 aliphatic carbocycles. The first-order chi connectivity index (χ1) is 5.04. The van der Waals surface area contributed by atoms with Crippen molar-refractivity contribution < 1.29 is 0 Å². The molecule has 0 radical (unpaired) electrons. The lowest BCUT2D eigenvalue weighted by Crippen LogP contribution is -2.47. The molecule has 0 saturated heterocycles. The summed E-state index contributed by atoms with van der Waals surface area (Å²) >= 11 is 0. The SMILES string of the molecule is CCCCN(C)C(C)(C)CN. The Morgan fingerprint density at radius 3 is 2.27 bits per heavy atom. The zero-order valence-corrected chi connectivity index (χ0v) is 8.35. The van der Waals surface area contributed by atoms with Crippen LogP contribution in [0.15, 0.2) is 0 Å². The molecule has 0 fully saturated rings. The van der Waals surface area contributed by atoms with Gasteiger partial charge in [0.15, 0.2) is 0 Å². The van der Waals surface area contributed by atoms with E-state index in [4.69, 9.17) is 5.73 Å². The predicted molar refractivity (Wildman–Crippen MR) is 50.7 cm³/mol. The maximum Gasteiger partial charge on any atom is 0.0272 e. The van der Waals surface area contributed by atoms with Crippen molar-refractivity contribution in [2.75, 3.05) is 20.1 Å². The molecule has 0 aromatic heterocycles. The van der Waals surface area contributed by atoms with E-state index in [9.17, 15) is 0 Å². The average molecular weight is 158 g/mol. The molecular weight excluding hydrogens is 136 g/mol. The minimum absolute atomic E-state index is 0.162. The van der Waals surface area contributed by atoms with Crippen LogP contribution in [-0.2, 0) is 0 Å². The lowest BCUT2D eigenvalue weighted by atomic mass is 10.0. The number of likely N-dealkylation sites (N-methyl/N-ethyl adjacent to an activating group) is 1. The first-order valence-electron chi connectivity index (χ1n) is 4.46. The Morgan fingerprint density at radius 1 is 1.36 bits per heavy atom. The second-order valence-electron chi connectivity index (χ2n) is 3.79. The van der Waals surface area contributed by atoms with Crippen LogP contribution in [0.2, 0.25) is 0 Å². The third-order valence-electron chi connectivity index (χ3n) is 2.38. The van der Waals surface area contributed by atoms with Gasteiger partial charge in [-0.25, -0.2) is 0 Å². The predicted octanol–water partition coefficient (Wildman–Crippen LogP) is 1.46. The van der Waals surface area contributed by atoms with E-state index in [2.05, 4.69) is 32.7 Å². The summed E-state index contributed by atoms with van der Waals surface area (Å²) in [6, 6.07) is 0. The van der Waals surface area contributed by atoms with Gasteiger partial charge >= 0.3 is 0 Å². The van der Waals surface area contributed by atoms with E-state index in [0.717, 1.165) is 13.1 Å². The Bertz CT molecular complexity index is 99.7. The number of hydrogen-bond donors (Lipinski definition) is 1. The molecule has 68 valence electrons. The van der Waals surface area contributed by atoms with Crippen LogP contribution >= 0.6 is 0 Å². The van der Waals surface area contributed by atoms with E-state index >= 15 is 0 Å². The van der Waals surface area contributed by atoms with Gasteiger partial charge in [-0.05, 0) is 33.9 Å². The highest BCUT2D eigenvalue weighted by Crippen LogP contribution is 2.10. The third kappa shape index (κ3) is 3.73. The fourth-order valence-corrected chi connectivity index (χ4v) is 0.854.